The van der Waals surface area contributed by atoms with Crippen molar-refractivity contribution in [3.8, 4) is 0 Å². The highest BCUT2D eigenvalue weighted by molar-refractivity contribution is 4.79. The van der Waals surface area contributed by atoms with Gasteiger partial charge in [-0.05, 0) is 23.8 Å². The molecule has 0 amide bonds. The lowest BCUT2D eigenvalue weighted by Crippen LogP contribution is -2.03. The summed E-state index contributed by atoms with van der Waals surface area (Å²) in [4.78, 5) is 0. The van der Waals surface area contributed by atoms with Crippen LogP contribution in [0.2, 0.25) is 0 Å². The van der Waals surface area contributed by atoms with Crippen LogP contribution >= 0.6 is 0 Å². The fourth-order valence-corrected chi connectivity index (χ4v) is 0.983. The molecule has 0 aliphatic heterocycles. The average molecular weight is 154 g/mol. The van der Waals surface area contributed by atoms with E-state index in [1.54, 1.807) is 0 Å². The van der Waals surface area contributed by atoms with Crippen molar-refractivity contribution >= 4 is 0 Å². The topological polar surface area (TPSA) is 43.6 Å². The SMILES string of the molecule is CCCCc1nnnn1CC. The minimum Gasteiger partial charge on any atom is -0.230 e. The monoisotopic (exact) mass is 154 g/mol. The van der Waals surface area contributed by atoms with Crippen LogP contribution in [0.15, 0.2) is 0 Å². The van der Waals surface area contributed by atoms with E-state index >= 15 is 0 Å². The summed E-state index contributed by atoms with van der Waals surface area (Å²) in [6.45, 7) is 5.08. The molecule has 0 aromatic carbocycles. The fraction of sp³-hybridized carbons (Fsp3) is 0.857. The second-order valence-corrected chi connectivity index (χ2v) is 2.51. The first-order chi connectivity index (χ1) is 5.38. The van der Waals surface area contributed by atoms with Gasteiger partial charge in [0, 0.05) is 13.0 Å². The molecule has 0 radical (unpaired) electrons. The molecule has 4 nitrogen and oxygen atoms in total. The summed E-state index contributed by atoms with van der Waals surface area (Å²) in [6, 6.07) is 0. The number of aryl methyl sites for hydroxylation is 2. The highest BCUT2D eigenvalue weighted by atomic mass is 15.5. The number of tetrazole rings is 1. The minimum atomic E-state index is 0.867. The van der Waals surface area contributed by atoms with Crippen molar-refractivity contribution in [2.24, 2.45) is 0 Å². The summed E-state index contributed by atoms with van der Waals surface area (Å²) in [5.74, 6) is 1.01. The van der Waals surface area contributed by atoms with E-state index in [2.05, 4.69) is 22.4 Å². The highest BCUT2D eigenvalue weighted by Crippen LogP contribution is 1.98. The van der Waals surface area contributed by atoms with Gasteiger partial charge in [-0.1, -0.05) is 13.3 Å². The smallest absolute Gasteiger partial charge is 0.151 e. The molecule has 0 fully saturated rings. The lowest BCUT2D eigenvalue weighted by molar-refractivity contribution is 0.586. The van der Waals surface area contributed by atoms with E-state index in [9.17, 15) is 0 Å². The van der Waals surface area contributed by atoms with Crippen molar-refractivity contribution in [2.45, 2.75) is 39.7 Å². The van der Waals surface area contributed by atoms with Gasteiger partial charge in [0.2, 0.25) is 0 Å². The molecular formula is C7H14N4. The molecule has 0 atom stereocenters. The molecule has 4 heteroatoms. The Balaban J connectivity index is 2.54. The number of rotatable bonds is 4. The molecule has 0 aliphatic rings. The van der Waals surface area contributed by atoms with Gasteiger partial charge in [-0.2, -0.15) is 0 Å². The molecule has 0 unspecified atom stereocenters. The molecule has 1 heterocycles. The number of aromatic nitrogens is 4. The zero-order chi connectivity index (χ0) is 8.10. The first kappa shape index (κ1) is 8.17. The largest absolute Gasteiger partial charge is 0.230 e. The van der Waals surface area contributed by atoms with Crippen molar-refractivity contribution in [3.05, 3.63) is 5.82 Å². The second kappa shape index (κ2) is 4.05. The average Bonchev–Trinajstić information content (AvgIpc) is 2.47. The third-order valence-electron chi connectivity index (χ3n) is 1.66. The second-order valence-electron chi connectivity index (χ2n) is 2.51. The van der Waals surface area contributed by atoms with Gasteiger partial charge in [0.15, 0.2) is 5.82 Å². The predicted octanol–water partition coefficient (Wildman–Crippen LogP) is 1.04. The van der Waals surface area contributed by atoms with E-state index in [-0.39, 0.29) is 0 Å². The Labute approximate surface area is 66.6 Å². The van der Waals surface area contributed by atoms with Crippen molar-refractivity contribution < 1.29 is 0 Å². The van der Waals surface area contributed by atoms with Gasteiger partial charge >= 0.3 is 0 Å². The Morgan fingerprint density at radius 1 is 1.36 bits per heavy atom. The highest BCUT2D eigenvalue weighted by Gasteiger charge is 2.01. The molecule has 0 aliphatic carbocycles. The number of hydrogen-bond acceptors (Lipinski definition) is 3. The van der Waals surface area contributed by atoms with Gasteiger partial charge in [0.05, 0.1) is 0 Å². The van der Waals surface area contributed by atoms with Crippen LogP contribution in [-0.2, 0) is 13.0 Å². The normalized spacial score (nSPS) is 10.4. The van der Waals surface area contributed by atoms with Crippen molar-refractivity contribution in [3.63, 3.8) is 0 Å². The Kier molecular flexibility index (Phi) is 3.01. The van der Waals surface area contributed by atoms with Crippen LogP contribution < -0.4 is 0 Å². The maximum Gasteiger partial charge on any atom is 0.151 e. The maximum atomic E-state index is 3.93. The molecule has 11 heavy (non-hydrogen) atoms. The summed E-state index contributed by atoms with van der Waals surface area (Å²) < 4.78 is 1.84. The predicted molar refractivity (Wildman–Crippen MR) is 42.1 cm³/mol. The van der Waals surface area contributed by atoms with Crippen LogP contribution in [0, 0.1) is 0 Å². The van der Waals surface area contributed by atoms with Gasteiger partial charge in [-0.25, -0.2) is 4.68 Å². The molecule has 0 saturated heterocycles. The van der Waals surface area contributed by atoms with E-state index in [0.717, 1.165) is 18.8 Å². The van der Waals surface area contributed by atoms with Crippen LogP contribution in [0.5, 0.6) is 0 Å². The van der Waals surface area contributed by atoms with Crippen LogP contribution in [0.1, 0.15) is 32.5 Å². The molecular weight excluding hydrogens is 140 g/mol. The van der Waals surface area contributed by atoms with Crippen LogP contribution in [0.25, 0.3) is 0 Å². The number of nitrogens with zero attached hydrogens (tertiary/aromatic N) is 4. The van der Waals surface area contributed by atoms with E-state index in [0.29, 0.717) is 0 Å². The van der Waals surface area contributed by atoms with E-state index < -0.39 is 0 Å². The van der Waals surface area contributed by atoms with Gasteiger partial charge < -0.3 is 0 Å². The first-order valence-corrected chi connectivity index (χ1v) is 4.13. The van der Waals surface area contributed by atoms with Crippen LogP contribution in [0.3, 0.4) is 0 Å². The molecule has 1 aromatic rings. The summed E-state index contributed by atoms with van der Waals surface area (Å²) in [5, 5.41) is 11.4. The Hall–Kier alpha value is -0.930. The molecule has 62 valence electrons. The standard InChI is InChI=1S/C7H14N4/c1-3-5-6-7-8-9-10-11(7)4-2/h3-6H2,1-2H3. The van der Waals surface area contributed by atoms with E-state index in [1.165, 1.54) is 12.8 Å². The Bertz CT molecular complexity index is 206. The van der Waals surface area contributed by atoms with Crippen molar-refractivity contribution in [2.75, 3.05) is 0 Å². The third kappa shape index (κ3) is 2.00. The maximum absolute atomic E-state index is 3.93. The quantitative estimate of drug-likeness (QED) is 0.650. The van der Waals surface area contributed by atoms with Gasteiger partial charge in [-0.3, -0.25) is 0 Å². The van der Waals surface area contributed by atoms with Crippen molar-refractivity contribution in [1.82, 2.24) is 20.2 Å². The summed E-state index contributed by atoms with van der Waals surface area (Å²) in [5.41, 5.74) is 0. The lowest BCUT2D eigenvalue weighted by atomic mass is 10.2. The van der Waals surface area contributed by atoms with E-state index in [1.807, 2.05) is 11.6 Å². The minimum absolute atomic E-state index is 0.867. The summed E-state index contributed by atoms with van der Waals surface area (Å²) >= 11 is 0. The molecule has 0 spiro atoms. The first-order valence-electron chi connectivity index (χ1n) is 4.13. The molecule has 0 saturated carbocycles. The Morgan fingerprint density at radius 3 is 2.82 bits per heavy atom. The van der Waals surface area contributed by atoms with Crippen molar-refractivity contribution in [1.29, 1.82) is 0 Å². The summed E-state index contributed by atoms with van der Waals surface area (Å²) in [6.07, 6.45) is 3.36. The number of hydrogen-bond donors (Lipinski definition) is 0. The van der Waals surface area contributed by atoms with Gasteiger partial charge in [-0.15, -0.1) is 5.10 Å². The number of unbranched alkanes of at least 4 members (excludes halogenated alkanes) is 1. The Morgan fingerprint density at radius 2 is 2.18 bits per heavy atom. The summed E-state index contributed by atoms with van der Waals surface area (Å²) in [7, 11) is 0. The molecule has 1 aromatic heterocycles. The van der Waals surface area contributed by atoms with Gasteiger partial charge in [0.1, 0.15) is 0 Å². The third-order valence-corrected chi connectivity index (χ3v) is 1.66. The fourth-order valence-electron chi connectivity index (χ4n) is 0.983. The van der Waals surface area contributed by atoms with E-state index in [4.69, 9.17) is 0 Å². The van der Waals surface area contributed by atoms with Crippen LogP contribution in [0.4, 0.5) is 0 Å². The zero-order valence-electron chi connectivity index (χ0n) is 7.12. The molecule has 0 N–H and O–H groups in total. The molecule has 0 bridgehead atoms. The van der Waals surface area contributed by atoms with Gasteiger partial charge in [0.25, 0.3) is 0 Å². The molecule has 1 rings (SSSR count). The zero-order valence-corrected chi connectivity index (χ0v) is 7.12. The van der Waals surface area contributed by atoms with Crippen LogP contribution in [-0.4, -0.2) is 20.2 Å². The lowest BCUT2D eigenvalue weighted by Gasteiger charge is -1.98.